The number of rotatable bonds is 7. The van der Waals surface area contributed by atoms with Gasteiger partial charge in [0.15, 0.2) is 0 Å². The molecule has 0 saturated carbocycles. The predicted octanol–water partition coefficient (Wildman–Crippen LogP) is 2.14. The van der Waals surface area contributed by atoms with Crippen molar-refractivity contribution in [2.45, 2.75) is 59.7 Å². The molecule has 1 aliphatic rings. The normalized spacial score (nSPS) is 17.3. The molecule has 5 heteroatoms. The molecule has 1 aliphatic heterocycles. The van der Waals surface area contributed by atoms with Crippen molar-refractivity contribution in [2.75, 3.05) is 19.6 Å². The lowest BCUT2D eigenvalue weighted by Crippen LogP contribution is -2.39. The Morgan fingerprint density at radius 3 is 2.62 bits per heavy atom. The molecule has 1 N–H and O–H groups in total. The highest BCUT2D eigenvalue weighted by Gasteiger charge is 2.20. The molecular weight excluding hydrogens is 262 g/mol. The third-order valence-electron chi connectivity index (χ3n) is 4.26. The fourth-order valence-corrected chi connectivity index (χ4v) is 2.94. The Bertz CT molecular complexity index is 407. The second-order valence-corrected chi connectivity index (χ2v) is 6.97. The number of hydrogen-bond acceptors (Lipinski definition) is 4. The minimum absolute atomic E-state index is 0.545. The summed E-state index contributed by atoms with van der Waals surface area (Å²) in [6.45, 7) is 14.4. The van der Waals surface area contributed by atoms with E-state index in [4.69, 9.17) is 0 Å². The zero-order chi connectivity index (χ0) is 15.2. The van der Waals surface area contributed by atoms with E-state index >= 15 is 0 Å². The van der Waals surface area contributed by atoms with Crippen LogP contribution in [-0.2, 0) is 13.1 Å². The first-order valence-electron chi connectivity index (χ1n) is 8.37. The Balaban J connectivity index is 1.97. The SMILES string of the molecule is CC(C)Cn1ncnc1CN(CC1CCNCC1)C(C)C. The standard InChI is InChI=1S/C16H31N5/c1-13(2)9-21-16(18-12-19-21)11-20(14(3)4)10-15-5-7-17-8-6-15/h12-15,17H,5-11H2,1-4H3. The molecule has 0 aliphatic carbocycles. The lowest BCUT2D eigenvalue weighted by atomic mass is 9.97. The molecular formula is C16H31N5. The largest absolute Gasteiger partial charge is 0.317 e. The van der Waals surface area contributed by atoms with E-state index in [0.29, 0.717) is 12.0 Å². The van der Waals surface area contributed by atoms with E-state index in [0.717, 1.165) is 24.8 Å². The zero-order valence-electron chi connectivity index (χ0n) is 14.0. The van der Waals surface area contributed by atoms with E-state index in [1.165, 1.54) is 32.5 Å². The molecule has 1 aromatic heterocycles. The van der Waals surface area contributed by atoms with Crippen LogP contribution >= 0.6 is 0 Å². The van der Waals surface area contributed by atoms with Gasteiger partial charge in [-0.2, -0.15) is 5.10 Å². The second-order valence-electron chi connectivity index (χ2n) is 6.97. The molecule has 5 nitrogen and oxygen atoms in total. The summed E-state index contributed by atoms with van der Waals surface area (Å²) in [6.07, 6.45) is 4.28. The summed E-state index contributed by atoms with van der Waals surface area (Å²) in [5.74, 6) is 2.52. The van der Waals surface area contributed by atoms with E-state index in [1.807, 2.05) is 0 Å². The first-order valence-corrected chi connectivity index (χ1v) is 8.37. The van der Waals surface area contributed by atoms with Crippen LogP contribution in [0.25, 0.3) is 0 Å². The van der Waals surface area contributed by atoms with Crippen LogP contribution < -0.4 is 5.32 Å². The van der Waals surface area contributed by atoms with E-state index in [2.05, 4.69) is 52.7 Å². The summed E-state index contributed by atoms with van der Waals surface area (Å²) in [6, 6.07) is 0.545. The predicted molar refractivity (Wildman–Crippen MR) is 86.0 cm³/mol. The van der Waals surface area contributed by atoms with Gasteiger partial charge in [0.2, 0.25) is 0 Å². The number of nitrogens with zero attached hydrogens (tertiary/aromatic N) is 4. The Morgan fingerprint density at radius 1 is 1.29 bits per heavy atom. The highest BCUT2D eigenvalue weighted by molar-refractivity contribution is 4.87. The third kappa shape index (κ3) is 5.08. The molecule has 0 spiro atoms. The first-order chi connectivity index (χ1) is 10.1. The summed E-state index contributed by atoms with van der Waals surface area (Å²) >= 11 is 0. The maximum atomic E-state index is 4.48. The number of piperidine rings is 1. The Hall–Kier alpha value is -0.940. The lowest BCUT2D eigenvalue weighted by molar-refractivity contribution is 0.155. The van der Waals surface area contributed by atoms with Crippen LogP contribution in [0.3, 0.4) is 0 Å². The van der Waals surface area contributed by atoms with Gasteiger partial charge in [0.25, 0.3) is 0 Å². The van der Waals surface area contributed by atoms with Crippen LogP contribution in [0.5, 0.6) is 0 Å². The lowest BCUT2D eigenvalue weighted by Gasteiger charge is -2.32. The van der Waals surface area contributed by atoms with Crippen LogP contribution in [0.4, 0.5) is 0 Å². The smallest absolute Gasteiger partial charge is 0.141 e. The molecule has 2 heterocycles. The minimum atomic E-state index is 0.545. The fraction of sp³-hybridized carbons (Fsp3) is 0.875. The Labute approximate surface area is 129 Å². The van der Waals surface area contributed by atoms with Gasteiger partial charge in [-0.25, -0.2) is 9.67 Å². The fourth-order valence-electron chi connectivity index (χ4n) is 2.94. The summed E-state index contributed by atoms with van der Waals surface area (Å²) in [5, 5.41) is 7.83. The van der Waals surface area contributed by atoms with E-state index in [9.17, 15) is 0 Å². The van der Waals surface area contributed by atoms with Crippen molar-refractivity contribution in [2.24, 2.45) is 11.8 Å². The maximum Gasteiger partial charge on any atom is 0.141 e. The van der Waals surface area contributed by atoms with Crippen LogP contribution in [0.2, 0.25) is 0 Å². The van der Waals surface area contributed by atoms with Crippen molar-refractivity contribution >= 4 is 0 Å². The first kappa shape index (κ1) is 16.4. The van der Waals surface area contributed by atoms with Gasteiger partial charge in [0.1, 0.15) is 12.2 Å². The molecule has 1 fully saturated rings. The van der Waals surface area contributed by atoms with Crippen LogP contribution in [-0.4, -0.2) is 45.3 Å². The monoisotopic (exact) mass is 293 g/mol. The zero-order valence-corrected chi connectivity index (χ0v) is 14.0. The molecule has 21 heavy (non-hydrogen) atoms. The van der Waals surface area contributed by atoms with Crippen molar-refractivity contribution in [3.05, 3.63) is 12.2 Å². The molecule has 0 radical (unpaired) electrons. The molecule has 2 rings (SSSR count). The molecule has 0 aromatic carbocycles. The molecule has 0 amide bonds. The van der Waals surface area contributed by atoms with Gasteiger partial charge in [-0.3, -0.25) is 4.90 Å². The van der Waals surface area contributed by atoms with Gasteiger partial charge in [0.05, 0.1) is 6.54 Å². The highest BCUT2D eigenvalue weighted by atomic mass is 15.3. The van der Waals surface area contributed by atoms with Gasteiger partial charge in [-0.05, 0) is 51.6 Å². The number of hydrogen-bond donors (Lipinski definition) is 1. The van der Waals surface area contributed by atoms with Gasteiger partial charge < -0.3 is 5.32 Å². The van der Waals surface area contributed by atoms with E-state index in [-0.39, 0.29) is 0 Å². The van der Waals surface area contributed by atoms with Crippen molar-refractivity contribution < 1.29 is 0 Å². The van der Waals surface area contributed by atoms with E-state index in [1.54, 1.807) is 6.33 Å². The van der Waals surface area contributed by atoms with Gasteiger partial charge in [-0.15, -0.1) is 0 Å². The van der Waals surface area contributed by atoms with Crippen molar-refractivity contribution in [1.82, 2.24) is 25.0 Å². The number of aromatic nitrogens is 3. The molecule has 120 valence electrons. The average molecular weight is 293 g/mol. The highest BCUT2D eigenvalue weighted by Crippen LogP contribution is 2.17. The van der Waals surface area contributed by atoms with Gasteiger partial charge in [0, 0.05) is 19.1 Å². The van der Waals surface area contributed by atoms with Gasteiger partial charge in [-0.1, -0.05) is 13.8 Å². The molecule has 0 bridgehead atoms. The van der Waals surface area contributed by atoms with Crippen molar-refractivity contribution in [1.29, 1.82) is 0 Å². The molecule has 0 atom stereocenters. The summed E-state index contributed by atoms with van der Waals surface area (Å²) in [4.78, 5) is 7.03. The quantitative estimate of drug-likeness (QED) is 0.837. The molecule has 1 saturated heterocycles. The average Bonchev–Trinajstić information content (AvgIpc) is 2.85. The van der Waals surface area contributed by atoms with Gasteiger partial charge >= 0.3 is 0 Å². The van der Waals surface area contributed by atoms with Crippen LogP contribution in [0.15, 0.2) is 6.33 Å². The Kier molecular flexibility index (Phi) is 6.18. The molecule has 0 unspecified atom stereocenters. The summed E-state index contributed by atoms with van der Waals surface area (Å²) < 4.78 is 2.07. The third-order valence-corrected chi connectivity index (χ3v) is 4.26. The van der Waals surface area contributed by atoms with Crippen molar-refractivity contribution in [3.8, 4) is 0 Å². The van der Waals surface area contributed by atoms with Crippen LogP contribution in [0, 0.1) is 11.8 Å². The maximum absolute atomic E-state index is 4.48. The summed E-state index contributed by atoms with van der Waals surface area (Å²) in [5.41, 5.74) is 0. The Morgan fingerprint density at radius 2 is 2.00 bits per heavy atom. The van der Waals surface area contributed by atoms with Crippen LogP contribution in [0.1, 0.15) is 46.4 Å². The molecule has 1 aromatic rings. The van der Waals surface area contributed by atoms with E-state index < -0.39 is 0 Å². The second kappa shape index (κ2) is 7.90. The number of nitrogens with one attached hydrogen (secondary N) is 1. The van der Waals surface area contributed by atoms with Crippen molar-refractivity contribution in [3.63, 3.8) is 0 Å². The summed E-state index contributed by atoms with van der Waals surface area (Å²) in [7, 11) is 0. The minimum Gasteiger partial charge on any atom is -0.317 e. The topological polar surface area (TPSA) is 46.0 Å².